The molecule has 33 nitrogen and oxygen atoms in total. The third kappa shape index (κ3) is 19.7. The van der Waals surface area contributed by atoms with E-state index >= 15 is 0 Å². The molecule has 6 amide bonds. The lowest BCUT2D eigenvalue weighted by atomic mass is 9.94. The van der Waals surface area contributed by atoms with Gasteiger partial charge in [-0.25, -0.2) is 13.9 Å². The average molecular weight is 1160 g/mol. The van der Waals surface area contributed by atoms with E-state index < -0.39 is 174 Å². The molecular weight excluding hydrogens is 1090 g/mol. The van der Waals surface area contributed by atoms with Gasteiger partial charge >= 0.3 is 20.5 Å². The number of aromatic nitrogens is 3. The number of aliphatic hydroxyl groups excluding tert-OH is 4. The normalized spacial score (nSPS) is 26.8. The van der Waals surface area contributed by atoms with E-state index in [-0.39, 0.29) is 12.2 Å². The Morgan fingerprint density at radius 1 is 0.808 bits per heavy atom. The van der Waals surface area contributed by atoms with E-state index in [1.54, 1.807) is 17.8 Å². The number of aryl methyl sites for hydroxylation is 2. The van der Waals surface area contributed by atoms with Gasteiger partial charge in [0.25, 0.3) is 0 Å². The zero-order chi connectivity index (χ0) is 58.8. The molecule has 1 aromatic heterocycles. The molecule has 2 aliphatic rings. The smallest absolute Gasteiger partial charge is 0.440 e. The highest BCUT2D eigenvalue weighted by Crippen LogP contribution is 2.78. The molecule has 3 heterocycles. The minimum atomic E-state index is -5.80. The standard InChI is InChI=1S/C43H74N10O23P2/c1-7-28(58)25(44)12-10-11-24-17-53(52-51-24)16-9-8-13-27(41(65)66)49-31(59)15-14-26(38(45)62)50-39(63)20(2)46-40(64)21(3)72-37-33(48-23(5)57)43(76-78(69,70)77(67,68)71-6)74-30(19-55)36(37)75-42-32(47-22(4)56)35(61)34(60)29(18-54)73-42/h17,20-21,25-27,29-30,32-37,42-43,54-55,60-61H,7-16,18-19,44H2,1-6H3,(H2,45,62)(H,46,64)(H,47,56)(H,48,57)(H,49,59)(H,50,63)(H,65,66)(H,67,68)(H,69,70)/t20-,21+,25?,26+,27-,29+,30+,32+,33+,34+,35+,36?,37+,42-,43+/m0/s1. The number of rotatable bonds is 33. The van der Waals surface area contributed by atoms with Crippen molar-refractivity contribution in [2.75, 3.05) is 20.3 Å². The van der Waals surface area contributed by atoms with Crippen LogP contribution < -0.4 is 38.1 Å². The first-order chi connectivity index (χ1) is 36.5. The number of unbranched alkanes of at least 4 members (excludes halogenated alkanes) is 1. The topological polar surface area (TPSA) is 511 Å². The SMILES string of the molecule is CCC(=O)C(N)CCCc1cn(CCCC[C@H](NC(=O)CC[C@@H](NC(=O)[C@H](C)NC(=O)[C@@H](C)O[C@H]2C(O[C@@H]3O[C@H](CO)[C@@H](O)[C@H](O)[C@H]3NC(C)=O)[C@@H](CO)O[C@H](OP(=O)(O)P(=O)(O)OC)[C@@H]2NC(C)=O)C(N)=O)C(=O)O)nn1. The number of hydrogen-bond donors (Lipinski definition) is 14. The number of carbonyl (C=O) groups is 8. The molecule has 78 heavy (non-hydrogen) atoms. The molecule has 0 aliphatic carbocycles. The highest BCUT2D eigenvalue weighted by Gasteiger charge is 2.57. The van der Waals surface area contributed by atoms with Gasteiger partial charge in [-0.1, -0.05) is 12.1 Å². The molecule has 0 spiro atoms. The van der Waals surface area contributed by atoms with E-state index in [1.807, 2.05) is 0 Å². The molecule has 2 aliphatic heterocycles. The first-order valence-electron chi connectivity index (χ1n) is 24.7. The summed E-state index contributed by atoms with van der Waals surface area (Å²) in [6.07, 6.45) is -13.2. The number of aliphatic carboxylic acids is 1. The largest absolute Gasteiger partial charge is 0.480 e. The van der Waals surface area contributed by atoms with Gasteiger partial charge in [0.15, 0.2) is 12.6 Å². The fraction of sp³-hybridized carbons (Fsp3) is 0.767. The zero-order valence-electron chi connectivity index (χ0n) is 43.8. The average Bonchev–Trinajstić information content (AvgIpc) is 3.83. The van der Waals surface area contributed by atoms with Gasteiger partial charge in [-0.2, -0.15) is 0 Å². The van der Waals surface area contributed by atoms with E-state index in [2.05, 4.69) is 41.4 Å². The van der Waals surface area contributed by atoms with Gasteiger partial charge in [-0.3, -0.25) is 42.8 Å². The number of nitrogens with two attached hydrogens (primary N) is 2. The molecule has 0 aromatic carbocycles. The van der Waals surface area contributed by atoms with E-state index in [0.717, 1.165) is 27.7 Å². The number of nitrogens with zero attached hydrogens (tertiary/aromatic N) is 3. The quantitative estimate of drug-likeness (QED) is 0.0232. The van der Waals surface area contributed by atoms with Crippen molar-refractivity contribution in [2.45, 2.75) is 191 Å². The molecule has 0 radical (unpaired) electrons. The summed E-state index contributed by atoms with van der Waals surface area (Å²) in [4.78, 5) is 122. The van der Waals surface area contributed by atoms with Crippen molar-refractivity contribution in [1.82, 2.24) is 41.6 Å². The van der Waals surface area contributed by atoms with Crippen LogP contribution >= 0.6 is 14.6 Å². The molecule has 444 valence electrons. The van der Waals surface area contributed by atoms with Crippen LogP contribution in [0.15, 0.2) is 6.20 Å². The molecule has 4 unspecified atom stereocenters. The van der Waals surface area contributed by atoms with Gasteiger partial charge in [-0.15, -0.1) is 5.10 Å². The molecule has 3 rings (SSSR count). The minimum Gasteiger partial charge on any atom is -0.480 e. The number of carboxylic acid groups (broad SMARTS) is 1. The van der Waals surface area contributed by atoms with E-state index in [9.17, 15) is 82.8 Å². The molecule has 2 fully saturated rings. The Morgan fingerprint density at radius 3 is 2.01 bits per heavy atom. The first kappa shape index (κ1) is 67.3. The van der Waals surface area contributed by atoms with Crippen LogP contribution in [-0.2, 0) is 88.4 Å². The summed E-state index contributed by atoms with van der Waals surface area (Å²) in [5.41, 5.74) is 12.1. The maximum absolute atomic E-state index is 13.8. The van der Waals surface area contributed by atoms with Gasteiger partial charge in [0.2, 0.25) is 35.4 Å². The Morgan fingerprint density at radius 2 is 1.44 bits per heavy atom. The number of carboxylic acids is 1. The summed E-state index contributed by atoms with van der Waals surface area (Å²) in [7, 11) is -10.7. The molecule has 16 N–H and O–H groups in total. The minimum absolute atomic E-state index is 0.0218. The number of ketones is 1. The van der Waals surface area contributed by atoms with Gasteiger partial charge < -0.3 is 96.8 Å². The number of hydrogen-bond acceptors (Lipinski definition) is 23. The van der Waals surface area contributed by atoms with Crippen LogP contribution in [0.1, 0.15) is 91.7 Å². The van der Waals surface area contributed by atoms with Crippen molar-refractivity contribution in [3.8, 4) is 0 Å². The van der Waals surface area contributed by atoms with Crippen molar-refractivity contribution in [1.29, 1.82) is 0 Å². The molecule has 1 aromatic rings. The molecule has 0 bridgehead atoms. The third-order valence-corrected chi connectivity index (χ3v) is 16.7. The maximum atomic E-state index is 13.8. The van der Waals surface area contributed by atoms with Gasteiger partial charge in [0.1, 0.15) is 78.7 Å². The lowest BCUT2D eigenvalue weighted by molar-refractivity contribution is -0.330. The van der Waals surface area contributed by atoms with Crippen molar-refractivity contribution in [2.24, 2.45) is 11.5 Å². The second-order valence-electron chi connectivity index (χ2n) is 18.5. The monoisotopic (exact) mass is 1160 g/mol. The Bertz CT molecular complexity index is 2320. The number of aliphatic hydroxyl groups is 4. The number of amides is 6. The number of ether oxygens (including phenoxy) is 4. The summed E-state index contributed by atoms with van der Waals surface area (Å²) in [6, 6.07) is -8.52. The fourth-order valence-corrected chi connectivity index (χ4v) is 10.1. The Balaban J connectivity index is 1.72. The third-order valence-electron chi connectivity index (χ3n) is 12.4. The Hall–Kier alpha value is -4.96. The summed E-state index contributed by atoms with van der Waals surface area (Å²) < 4.78 is 60.0. The van der Waals surface area contributed by atoms with Crippen LogP contribution in [0.5, 0.6) is 0 Å². The summed E-state index contributed by atoms with van der Waals surface area (Å²) in [5.74, 6) is -7.15. The lowest BCUT2D eigenvalue weighted by Crippen LogP contribution is -2.70. The number of nitrogens with one attached hydrogen (secondary N) is 5. The molecule has 0 saturated carbocycles. The molecule has 2 saturated heterocycles. The lowest BCUT2D eigenvalue weighted by Gasteiger charge is -2.49. The maximum Gasteiger partial charge on any atom is 0.440 e. The summed E-state index contributed by atoms with van der Waals surface area (Å²) in [6.45, 7) is 4.31. The fourth-order valence-electron chi connectivity index (χ4n) is 8.08. The highest BCUT2D eigenvalue weighted by atomic mass is 32.1. The first-order valence-corrected chi connectivity index (χ1v) is 28.6. The van der Waals surface area contributed by atoms with Crippen LogP contribution in [0.25, 0.3) is 0 Å². The zero-order valence-corrected chi connectivity index (χ0v) is 45.6. The van der Waals surface area contributed by atoms with E-state index in [4.69, 9.17) is 34.9 Å². The van der Waals surface area contributed by atoms with Crippen LogP contribution in [-0.4, -0.2) is 209 Å². The highest BCUT2D eigenvalue weighted by molar-refractivity contribution is 8.26. The Labute approximate surface area is 447 Å². The van der Waals surface area contributed by atoms with Gasteiger partial charge in [0.05, 0.1) is 24.9 Å². The van der Waals surface area contributed by atoms with Crippen molar-refractivity contribution >= 4 is 61.8 Å². The second-order valence-corrected chi connectivity index (χ2v) is 24.0. The molecule has 35 heteroatoms. The van der Waals surface area contributed by atoms with Crippen LogP contribution in [0.3, 0.4) is 0 Å². The van der Waals surface area contributed by atoms with E-state index in [0.29, 0.717) is 57.9 Å². The van der Waals surface area contributed by atoms with Crippen LogP contribution in [0.2, 0.25) is 0 Å². The second kappa shape index (κ2) is 31.1. The van der Waals surface area contributed by atoms with Crippen LogP contribution in [0, 0.1) is 0 Å². The number of Topliss-reactive ketones (excluding diaryl/α,β-unsaturated/α-hetero) is 1. The summed E-state index contributed by atoms with van der Waals surface area (Å²) in [5, 5.41) is 71.5. The van der Waals surface area contributed by atoms with Crippen molar-refractivity contribution in [3.05, 3.63) is 11.9 Å². The van der Waals surface area contributed by atoms with Gasteiger partial charge in [0, 0.05) is 46.5 Å². The number of primary amides is 1. The van der Waals surface area contributed by atoms with E-state index in [1.165, 1.54) is 0 Å². The van der Waals surface area contributed by atoms with Crippen molar-refractivity contribution < 1.29 is 111 Å². The Kier molecular flexibility index (Phi) is 26.9. The predicted octanol–water partition coefficient (Wildman–Crippen LogP) is -4.82. The molecule has 17 atom stereocenters. The predicted molar refractivity (Wildman–Crippen MR) is 263 cm³/mol. The summed E-state index contributed by atoms with van der Waals surface area (Å²) >= 11 is 0. The van der Waals surface area contributed by atoms with Crippen molar-refractivity contribution in [3.63, 3.8) is 0 Å². The van der Waals surface area contributed by atoms with Gasteiger partial charge in [-0.05, 0) is 58.8 Å². The molecular formula is C43H74N10O23P2. The number of carbonyl (C=O) groups excluding carboxylic acids is 7. The van der Waals surface area contributed by atoms with Crippen LogP contribution in [0.4, 0.5) is 0 Å².